The van der Waals surface area contributed by atoms with Gasteiger partial charge in [-0.25, -0.2) is 13.6 Å². The number of nitrogens with zero attached hydrogens (tertiary/aromatic N) is 1. The van der Waals surface area contributed by atoms with E-state index >= 15 is 0 Å². The van der Waals surface area contributed by atoms with E-state index in [2.05, 4.69) is 16.0 Å². The van der Waals surface area contributed by atoms with Gasteiger partial charge in [-0.05, 0) is 55.7 Å². The molecule has 0 radical (unpaired) electrons. The first kappa shape index (κ1) is 21.7. The predicted molar refractivity (Wildman–Crippen MR) is 116 cm³/mol. The average molecular weight is 442 g/mol. The van der Waals surface area contributed by atoms with Gasteiger partial charge in [0.05, 0.1) is 12.0 Å². The lowest BCUT2D eigenvalue weighted by Crippen LogP contribution is -2.60. The Morgan fingerprint density at radius 3 is 2.25 bits per heavy atom. The van der Waals surface area contributed by atoms with Gasteiger partial charge in [-0.2, -0.15) is 0 Å². The number of amides is 4. The van der Waals surface area contributed by atoms with Gasteiger partial charge in [-0.3, -0.25) is 14.9 Å². The number of aryl methyl sites for hydroxylation is 2. The Balaban J connectivity index is 1.36. The Kier molecular flexibility index (Phi) is 5.82. The number of imide groups is 1. The highest BCUT2D eigenvalue weighted by atomic mass is 19.1. The van der Waals surface area contributed by atoms with Crippen molar-refractivity contribution in [1.82, 2.24) is 10.6 Å². The fourth-order valence-corrected chi connectivity index (χ4v) is 4.24. The summed E-state index contributed by atoms with van der Waals surface area (Å²) in [5.41, 5.74) is 2.80. The molecular weight excluding hydrogens is 418 g/mol. The minimum Gasteiger partial charge on any atom is -0.367 e. The van der Waals surface area contributed by atoms with E-state index in [-0.39, 0.29) is 30.5 Å². The highest BCUT2D eigenvalue weighted by molar-refractivity contribution is 6.01. The van der Waals surface area contributed by atoms with Gasteiger partial charge in [-0.1, -0.05) is 6.07 Å². The van der Waals surface area contributed by atoms with Crippen molar-refractivity contribution in [2.45, 2.75) is 38.6 Å². The van der Waals surface area contributed by atoms with Crippen molar-refractivity contribution < 1.29 is 23.2 Å². The molecule has 4 amide bonds. The fourth-order valence-electron chi connectivity index (χ4n) is 4.24. The third kappa shape index (κ3) is 4.56. The summed E-state index contributed by atoms with van der Waals surface area (Å²) in [7, 11) is 0. The van der Waals surface area contributed by atoms with Crippen LogP contribution in [0.5, 0.6) is 0 Å². The fraction of sp³-hybridized carbons (Fsp3) is 0.348. The first-order valence-electron chi connectivity index (χ1n) is 10.4. The number of halogens is 2. The second kappa shape index (κ2) is 8.57. The molecule has 2 heterocycles. The zero-order valence-corrected chi connectivity index (χ0v) is 17.8. The summed E-state index contributed by atoms with van der Waals surface area (Å²) in [4.78, 5) is 37.3. The summed E-state index contributed by atoms with van der Waals surface area (Å²) >= 11 is 0. The van der Waals surface area contributed by atoms with Crippen LogP contribution in [0, 0.1) is 25.5 Å². The van der Waals surface area contributed by atoms with Crippen LogP contribution in [0.3, 0.4) is 0 Å². The molecule has 3 N–H and O–H groups in total. The van der Waals surface area contributed by atoms with Gasteiger partial charge < -0.3 is 15.5 Å². The molecule has 1 unspecified atom stereocenters. The number of rotatable bonds is 4. The Hall–Kier alpha value is -3.49. The van der Waals surface area contributed by atoms with Crippen LogP contribution in [0.2, 0.25) is 0 Å². The van der Waals surface area contributed by atoms with Crippen molar-refractivity contribution in [2.24, 2.45) is 0 Å². The third-order valence-corrected chi connectivity index (χ3v) is 5.71. The SMILES string of the molecule is Cc1cc(C)cc(NC(=O)NC2CN(c3cc(F)c(C4CCC(=O)NC4=O)c(F)c3)C2)c1. The van der Waals surface area contributed by atoms with E-state index in [1.165, 1.54) is 12.1 Å². The van der Waals surface area contributed by atoms with Crippen LogP contribution in [-0.2, 0) is 9.59 Å². The number of piperidine rings is 1. The Morgan fingerprint density at radius 1 is 1.03 bits per heavy atom. The maximum atomic E-state index is 14.7. The molecule has 9 heteroatoms. The van der Waals surface area contributed by atoms with Crippen molar-refractivity contribution >= 4 is 29.2 Å². The van der Waals surface area contributed by atoms with Gasteiger partial charge in [0.1, 0.15) is 11.6 Å². The zero-order valence-electron chi connectivity index (χ0n) is 17.8. The van der Waals surface area contributed by atoms with Gasteiger partial charge in [0.15, 0.2) is 0 Å². The molecular formula is C23H24F2N4O3. The van der Waals surface area contributed by atoms with Crippen LogP contribution in [0.25, 0.3) is 0 Å². The van der Waals surface area contributed by atoms with Crippen molar-refractivity contribution in [3.63, 3.8) is 0 Å². The van der Waals surface area contributed by atoms with Crippen LogP contribution in [0.1, 0.15) is 35.4 Å². The number of nitrogens with one attached hydrogen (secondary N) is 3. The van der Waals surface area contributed by atoms with Gasteiger partial charge >= 0.3 is 6.03 Å². The van der Waals surface area contributed by atoms with Crippen LogP contribution in [-0.4, -0.2) is 37.0 Å². The van der Waals surface area contributed by atoms with E-state index < -0.39 is 29.4 Å². The lowest BCUT2D eigenvalue weighted by molar-refractivity contribution is -0.134. The van der Waals surface area contributed by atoms with Gasteiger partial charge in [0, 0.05) is 36.4 Å². The lowest BCUT2D eigenvalue weighted by Gasteiger charge is -2.41. The van der Waals surface area contributed by atoms with E-state index in [0.29, 0.717) is 24.5 Å². The second-order valence-electron chi connectivity index (χ2n) is 8.40. The minimum absolute atomic E-state index is 0.0424. The smallest absolute Gasteiger partial charge is 0.319 e. The molecule has 2 aliphatic heterocycles. The molecule has 2 aromatic carbocycles. The molecule has 2 aliphatic rings. The maximum absolute atomic E-state index is 14.7. The van der Waals surface area contributed by atoms with Crippen molar-refractivity contribution in [2.75, 3.05) is 23.3 Å². The molecule has 168 valence electrons. The Labute approximate surface area is 184 Å². The monoisotopic (exact) mass is 442 g/mol. The predicted octanol–water partition coefficient (Wildman–Crippen LogP) is 3.11. The van der Waals surface area contributed by atoms with Crippen LogP contribution in [0.15, 0.2) is 30.3 Å². The molecule has 4 rings (SSSR count). The molecule has 0 aromatic heterocycles. The zero-order chi connectivity index (χ0) is 23.0. The first-order chi connectivity index (χ1) is 15.2. The Morgan fingerprint density at radius 2 is 1.66 bits per heavy atom. The summed E-state index contributed by atoms with van der Waals surface area (Å²) in [6, 6.07) is 7.62. The maximum Gasteiger partial charge on any atom is 0.319 e. The highest BCUT2D eigenvalue weighted by Gasteiger charge is 2.34. The van der Waals surface area contributed by atoms with E-state index in [1.807, 2.05) is 32.0 Å². The van der Waals surface area contributed by atoms with Gasteiger partial charge in [0.2, 0.25) is 11.8 Å². The van der Waals surface area contributed by atoms with E-state index in [4.69, 9.17) is 0 Å². The minimum atomic E-state index is -1.03. The number of anilines is 2. The topological polar surface area (TPSA) is 90.5 Å². The molecule has 0 bridgehead atoms. The second-order valence-corrected chi connectivity index (χ2v) is 8.40. The third-order valence-electron chi connectivity index (χ3n) is 5.71. The van der Waals surface area contributed by atoms with Crippen molar-refractivity contribution in [1.29, 1.82) is 0 Å². The van der Waals surface area contributed by atoms with Crippen LogP contribution in [0.4, 0.5) is 25.0 Å². The molecule has 2 fully saturated rings. The highest BCUT2D eigenvalue weighted by Crippen LogP contribution is 2.33. The normalized spacial score (nSPS) is 18.8. The number of urea groups is 1. The van der Waals surface area contributed by atoms with Crippen molar-refractivity contribution in [3.8, 4) is 0 Å². The van der Waals surface area contributed by atoms with Crippen LogP contribution < -0.4 is 20.9 Å². The number of hydrogen-bond acceptors (Lipinski definition) is 4. The number of benzene rings is 2. The standard InChI is InChI=1S/C23H24F2N4O3/c1-12-5-13(2)7-14(6-12)26-23(32)27-15-10-29(11-15)16-8-18(24)21(19(25)9-16)17-3-4-20(30)28-22(17)31/h5-9,15,17H,3-4,10-11H2,1-2H3,(H2,26,27,32)(H,28,30,31). The van der Waals surface area contributed by atoms with Crippen LogP contribution >= 0.6 is 0 Å². The largest absolute Gasteiger partial charge is 0.367 e. The first-order valence-corrected chi connectivity index (χ1v) is 10.4. The average Bonchev–Trinajstić information content (AvgIpc) is 2.64. The molecule has 32 heavy (non-hydrogen) atoms. The van der Waals surface area contributed by atoms with Gasteiger partial charge in [0.25, 0.3) is 0 Å². The number of carbonyl (C=O) groups is 3. The summed E-state index contributed by atoms with van der Waals surface area (Å²) < 4.78 is 29.4. The van der Waals surface area contributed by atoms with E-state index in [9.17, 15) is 23.2 Å². The van der Waals surface area contributed by atoms with Crippen molar-refractivity contribution in [3.05, 3.63) is 58.7 Å². The molecule has 0 spiro atoms. The molecule has 2 saturated heterocycles. The summed E-state index contributed by atoms with van der Waals surface area (Å²) in [5.74, 6) is -3.79. The van der Waals surface area contributed by atoms with E-state index in [0.717, 1.165) is 11.1 Å². The molecule has 1 atom stereocenters. The molecule has 0 saturated carbocycles. The number of carbonyl (C=O) groups excluding carboxylic acids is 3. The molecule has 2 aromatic rings. The molecule has 7 nitrogen and oxygen atoms in total. The van der Waals surface area contributed by atoms with E-state index in [1.54, 1.807) is 4.90 Å². The summed E-state index contributed by atoms with van der Waals surface area (Å²) in [6.07, 6.45) is 0.115. The number of hydrogen-bond donors (Lipinski definition) is 3. The Bertz CT molecular complexity index is 1060. The summed E-state index contributed by atoms with van der Waals surface area (Å²) in [6.45, 7) is 4.70. The quantitative estimate of drug-likeness (QED) is 0.635. The molecule has 0 aliphatic carbocycles. The van der Waals surface area contributed by atoms with Gasteiger partial charge in [-0.15, -0.1) is 0 Å². The lowest BCUT2D eigenvalue weighted by atomic mass is 9.89. The summed E-state index contributed by atoms with van der Waals surface area (Å²) in [5, 5.41) is 7.76.